The third-order valence-electron chi connectivity index (χ3n) is 4.68. The van der Waals surface area contributed by atoms with E-state index in [4.69, 9.17) is 0 Å². The van der Waals surface area contributed by atoms with Crippen LogP contribution in [0.4, 0.5) is 0 Å². The lowest BCUT2D eigenvalue weighted by Gasteiger charge is -2.24. The Kier molecular flexibility index (Phi) is 4.12. The van der Waals surface area contributed by atoms with Crippen LogP contribution in [0.3, 0.4) is 0 Å². The maximum atomic E-state index is 12.4. The molecule has 1 aliphatic carbocycles. The van der Waals surface area contributed by atoms with Crippen LogP contribution >= 0.6 is 0 Å². The molecule has 0 aromatic heterocycles. The van der Waals surface area contributed by atoms with Gasteiger partial charge in [0, 0.05) is 6.54 Å². The fourth-order valence-corrected chi connectivity index (χ4v) is 3.38. The maximum Gasteiger partial charge on any atom is 0.234 e. The molecule has 2 unspecified atom stereocenters. The Balaban J connectivity index is 1.67. The van der Waals surface area contributed by atoms with E-state index >= 15 is 0 Å². The molecule has 0 spiro atoms. The number of aryl methyl sites for hydroxylation is 1. The van der Waals surface area contributed by atoms with E-state index in [-0.39, 0.29) is 23.7 Å². The van der Waals surface area contributed by atoms with Crippen LogP contribution in [0.1, 0.15) is 24.0 Å². The van der Waals surface area contributed by atoms with Gasteiger partial charge in [-0.05, 0) is 37.9 Å². The first kappa shape index (κ1) is 15.0. The van der Waals surface area contributed by atoms with Gasteiger partial charge in [0.05, 0.1) is 18.5 Å². The second-order valence-corrected chi connectivity index (χ2v) is 6.34. The number of nitrogens with zero attached hydrogens (tertiary/aromatic N) is 2. The monoisotopic (exact) mass is 298 g/mol. The van der Waals surface area contributed by atoms with Crippen LogP contribution in [0.2, 0.25) is 0 Å². The van der Waals surface area contributed by atoms with Gasteiger partial charge in [0.1, 0.15) is 0 Å². The van der Waals surface area contributed by atoms with Crippen molar-refractivity contribution in [2.45, 2.75) is 26.3 Å². The van der Waals surface area contributed by atoms with E-state index in [2.05, 4.69) is 19.1 Å². The van der Waals surface area contributed by atoms with Crippen molar-refractivity contribution in [1.29, 1.82) is 0 Å². The smallest absolute Gasteiger partial charge is 0.234 e. The summed E-state index contributed by atoms with van der Waals surface area (Å²) in [5.41, 5.74) is 2.45. The lowest BCUT2D eigenvalue weighted by molar-refractivity contribution is -0.142. The molecule has 0 N–H and O–H groups in total. The summed E-state index contributed by atoms with van der Waals surface area (Å²) in [6.45, 7) is 3.19. The zero-order chi connectivity index (χ0) is 15.7. The van der Waals surface area contributed by atoms with Crippen molar-refractivity contribution in [3.8, 4) is 0 Å². The summed E-state index contributed by atoms with van der Waals surface area (Å²) in [6, 6.07) is 8.20. The van der Waals surface area contributed by atoms with E-state index in [1.165, 1.54) is 16.0 Å². The van der Waals surface area contributed by atoms with Crippen molar-refractivity contribution in [2.24, 2.45) is 11.8 Å². The van der Waals surface area contributed by atoms with Crippen molar-refractivity contribution in [1.82, 2.24) is 9.80 Å². The molecule has 116 valence electrons. The number of allylic oxidation sites excluding steroid dienone is 2. The zero-order valence-electron chi connectivity index (χ0n) is 13.2. The van der Waals surface area contributed by atoms with Crippen LogP contribution in [0, 0.1) is 18.8 Å². The van der Waals surface area contributed by atoms with Crippen LogP contribution in [0.25, 0.3) is 0 Å². The number of hydrogen-bond donors (Lipinski definition) is 0. The van der Waals surface area contributed by atoms with Gasteiger partial charge in [0.15, 0.2) is 0 Å². The van der Waals surface area contributed by atoms with E-state index in [1.54, 1.807) is 0 Å². The summed E-state index contributed by atoms with van der Waals surface area (Å²) in [5.74, 6) is -0.277. The topological polar surface area (TPSA) is 40.6 Å². The van der Waals surface area contributed by atoms with Crippen molar-refractivity contribution < 1.29 is 9.59 Å². The number of likely N-dealkylation sites (tertiary alicyclic amines) is 1. The summed E-state index contributed by atoms with van der Waals surface area (Å²) in [4.78, 5) is 28.4. The van der Waals surface area contributed by atoms with Crippen molar-refractivity contribution in [2.75, 3.05) is 13.7 Å². The molecule has 2 amide bonds. The first-order valence-electron chi connectivity index (χ1n) is 7.81. The largest absolute Gasteiger partial charge is 0.284 e. The van der Waals surface area contributed by atoms with Gasteiger partial charge in [0.25, 0.3) is 0 Å². The van der Waals surface area contributed by atoms with E-state index in [0.717, 1.165) is 6.54 Å². The summed E-state index contributed by atoms with van der Waals surface area (Å²) in [5, 5.41) is 0. The second-order valence-electron chi connectivity index (χ2n) is 6.34. The quantitative estimate of drug-likeness (QED) is 0.633. The van der Waals surface area contributed by atoms with Gasteiger partial charge in [0.2, 0.25) is 11.8 Å². The van der Waals surface area contributed by atoms with Crippen LogP contribution in [0.15, 0.2) is 36.4 Å². The second kappa shape index (κ2) is 6.05. The van der Waals surface area contributed by atoms with Crippen LogP contribution in [0.5, 0.6) is 0 Å². The molecule has 2 aliphatic rings. The van der Waals surface area contributed by atoms with E-state index in [1.807, 2.05) is 36.2 Å². The minimum Gasteiger partial charge on any atom is -0.284 e. The molecule has 3 rings (SSSR count). The normalized spacial score (nSPS) is 24.2. The molecule has 4 nitrogen and oxygen atoms in total. The first-order chi connectivity index (χ1) is 10.6. The minimum atomic E-state index is -0.135. The Hall–Kier alpha value is -1.94. The molecule has 1 saturated heterocycles. The third kappa shape index (κ3) is 2.71. The molecule has 0 radical (unpaired) electrons. The summed E-state index contributed by atoms with van der Waals surface area (Å²) in [6.07, 6.45) is 5.44. The Labute approximate surface area is 131 Å². The Bertz CT molecular complexity index is 597. The molecule has 4 heteroatoms. The lowest BCUT2D eigenvalue weighted by Crippen LogP contribution is -2.40. The van der Waals surface area contributed by atoms with Gasteiger partial charge >= 0.3 is 0 Å². The first-order valence-corrected chi connectivity index (χ1v) is 7.81. The van der Waals surface area contributed by atoms with Gasteiger partial charge in [-0.15, -0.1) is 0 Å². The van der Waals surface area contributed by atoms with E-state index in [0.29, 0.717) is 19.5 Å². The highest BCUT2D eigenvalue weighted by atomic mass is 16.2. The van der Waals surface area contributed by atoms with Gasteiger partial charge < -0.3 is 0 Å². The molecule has 1 aromatic rings. The van der Waals surface area contributed by atoms with Crippen molar-refractivity contribution in [3.63, 3.8) is 0 Å². The highest BCUT2D eigenvalue weighted by Crippen LogP contribution is 2.35. The SMILES string of the molecule is Cc1ccccc1CN(C)CN1C(=O)C2CC=CCC2C1=O. The molecule has 0 saturated carbocycles. The van der Waals surface area contributed by atoms with E-state index in [9.17, 15) is 9.59 Å². The number of carbonyl (C=O) groups excluding carboxylic acids is 2. The summed E-state index contributed by atoms with van der Waals surface area (Å²) in [7, 11) is 1.95. The van der Waals surface area contributed by atoms with Gasteiger partial charge in [-0.1, -0.05) is 36.4 Å². The van der Waals surface area contributed by atoms with Crippen LogP contribution in [-0.2, 0) is 16.1 Å². The summed E-state index contributed by atoms with van der Waals surface area (Å²) >= 11 is 0. The van der Waals surface area contributed by atoms with Crippen LogP contribution < -0.4 is 0 Å². The van der Waals surface area contributed by atoms with Gasteiger partial charge in [-0.2, -0.15) is 0 Å². The predicted molar refractivity (Wildman–Crippen MR) is 84.7 cm³/mol. The molecule has 1 aliphatic heterocycles. The van der Waals surface area contributed by atoms with Crippen molar-refractivity contribution >= 4 is 11.8 Å². The zero-order valence-corrected chi connectivity index (χ0v) is 13.2. The Morgan fingerprint density at radius 3 is 2.27 bits per heavy atom. The number of fused-ring (bicyclic) bond motifs is 1. The van der Waals surface area contributed by atoms with E-state index < -0.39 is 0 Å². The number of hydrogen-bond acceptors (Lipinski definition) is 3. The predicted octanol–water partition coefficient (Wildman–Crippen LogP) is 2.34. The van der Waals surface area contributed by atoms with Gasteiger partial charge in [-0.25, -0.2) is 0 Å². The number of benzene rings is 1. The van der Waals surface area contributed by atoms with Crippen molar-refractivity contribution in [3.05, 3.63) is 47.5 Å². The fraction of sp³-hybridized carbons (Fsp3) is 0.444. The average molecular weight is 298 g/mol. The number of rotatable bonds is 4. The molecular formula is C18H22N2O2. The number of carbonyl (C=O) groups is 2. The highest BCUT2D eigenvalue weighted by Gasteiger charge is 2.47. The molecule has 22 heavy (non-hydrogen) atoms. The third-order valence-corrected chi connectivity index (χ3v) is 4.68. The molecule has 1 heterocycles. The van der Waals surface area contributed by atoms with Crippen LogP contribution in [-0.4, -0.2) is 35.3 Å². The number of imide groups is 1. The number of amides is 2. The highest BCUT2D eigenvalue weighted by molar-refractivity contribution is 6.05. The summed E-state index contributed by atoms with van der Waals surface area (Å²) < 4.78 is 0. The lowest BCUT2D eigenvalue weighted by atomic mass is 9.85. The Morgan fingerprint density at radius 1 is 1.09 bits per heavy atom. The molecule has 1 aromatic carbocycles. The molecule has 1 fully saturated rings. The average Bonchev–Trinajstić information content (AvgIpc) is 2.75. The molecule has 0 bridgehead atoms. The standard InChI is InChI=1S/C18H22N2O2/c1-13-7-3-4-8-14(13)11-19(2)12-20-17(21)15-9-5-6-10-16(15)18(20)22/h3-8,15-16H,9-12H2,1-2H3. The van der Waals surface area contributed by atoms with Gasteiger partial charge in [-0.3, -0.25) is 19.4 Å². The Morgan fingerprint density at radius 2 is 1.68 bits per heavy atom. The minimum absolute atomic E-state index is 0.00372. The molecular weight excluding hydrogens is 276 g/mol. The molecule has 2 atom stereocenters. The fourth-order valence-electron chi connectivity index (χ4n) is 3.38. The maximum absolute atomic E-state index is 12.4.